The zero-order chi connectivity index (χ0) is 15.7. The fourth-order valence-electron chi connectivity index (χ4n) is 2.24. The summed E-state index contributed by atoms with van der Waals surface area (Å²) in [5.41, 5.74) is 0. The molecular weight excluding hydrogens is 270 g/mol. The van der Waals surface area contributed by atoms with Crippen molar-refractivity contribution in [3.8, 4) is 0 Å². The molecule has 122 valence electrons. The van der Waals surface area contributed by atoms with Crippen molar-refractivity contribution in [1.82, 2.24) is 0 Å². The number of rotatable bonds is 12. The lowest BCUT2D eigenvalue weighted by Crippen LogP contribution is -1.92. The molecule has 0 fully saturated rings. The van der Waals surface area contributed by atoms with Crippen LogP contribution in [0, 0.1) is 0 Å². The van der Waals surface area contributed by atoms with Gasteiger partial charge in [-0.1, -0.05) is 88.0 Å². The van der Waals surface area contributed by atoms with E-state index in [9.17, 15) is 0 Å². The van der Waals surface area contributed by atoms with Gasteiger partial charge in [-0.15, -0.1) is 0 Å². The summed E-state index contributed by atoms with van der Waals surface area (Å²) in [6.07, 6.45) is 27.2. The van der Waals surface area contributed by atoms with Crippen molar-refractivity contribution in [3.05, 3.63) is 48.6 Å². The number of ether oxygens (including phenoxy) is 1. The first kappa shape index (κ1) is 18.5. The van der Waals surface area contributed by atoms with Gasteiger partial charge in [0, 0.05) is 0 Å². The molecule has 1 heterocycles. The third-order valence-corrected chi connectivity index (χ3v) is 3.51. The smallest absolute Gasteiger partial charge is 0.208 e. The highest BCUT2D eigenvalue weighted by atomic mass is 16.5. The fraction of sp³-hybridized carbons (Fsp3) is 0.550. The lowest BCUT2D eigenvalue weighted by atomic mass is 10.1. The summed E-state index contributed by atoms with van der Waals surface area (Å²) in [7, 11) is 0. The molecule has 1 aliphatic heterocycles. The van der Waals surface area contributed by atoms with Gasteiger partial charge in [0.05, 0.1) is 6.54 Å². The molecule has 0 aromatic heterocycles. The van der Waals surface area contributed by atoms with Gasteiger partial charge in [0.1, 0.15) is 6.61 Å². The van der Waals surface area contributed by atoms with E-state index in [1.54, 1.807) is 0 Å². The molecule has 2 heteroatoms. The van der Waals surface area contributed by atoms with Crippen LogP contribution in [-0.4, -0.2) is 19.0 Å². The van der Waals surface area contributed by atoms with Crippen LogP contribution >= 0.6 is 0 Å². The van der Waals surface area contributed by atoms with Crippen LogP contribution in [-0.2, 0) is 4.74 Å². The van der Waals surface area contributed by atoms with E-state index in [1.165, 1.54) is 51.4 Å². The van der Waals surface area contributed by atoms with Crippen LogP contribution in [0.3, 0.4) is 0 Å². The average Bonchev–Trinajstić information content (AvgIpc) is 3.04. The van der Waals surface area contributed by atoms with E-state index < -0.39 is 0 Å². The first-order valence-corrected chi connectivity index (χ1v) is 8.77. The number of aliphatic imine (C=N–C) groups is 1. The number of allylic oxidation sites excluding steroid dienone is 7. The molecule has 0 amide bonds. The van der Waals surface area contributed by atoms with Gasteiger partial charge < -0.3 is 4.74 Å². The van der Waals surface area contributed by atoms with E-state index in [2.05, 4.69) is 30.1 Å². The van der Waals surface area contributed by atoms with Crippen LogP contribution in [0.1, 0.15) is 58.3 Å². The van der Waals surface area contributed by atoms with E-state index in [4.69, 9.17) is 4.74 Å². The first-order valence-electron chi connectivity index (χ1n) is 8.77. The van der Waals surface area contributed by atoms with Crippen molar-refractivity contribution in [2.24, 2.45) is 4.99 Å². The molecular formula is C20H31NO. The zero-order valence-electron chi connectivity index (χ0n) is 14.0. The van der Waals surface area contributed by atoms with Gasteiger partial charge in [-0.05, 0) is 18.9 Å². The van der Waals surface area contributed by atoms with Crippen LogP contribution in [0.5, 0.6) is 0 Å². The Hall–Kier alpha value is -1.57. The lowest BCUT2D eigenvalue weighted by molar-refractivity contribution is 0.350. The summed E-state index contributed by atoms with van der Waals surface area (Å²) in [5, 5.41) is 0. The van der Waals surface area contributed by atoms with Gasteiger partial charge in [0.2, 0.25) is 5.90 Å². The van der Waals surface area contributed by atoms with Gasteiger partial charge in [0.15, 0.2) is 0 Å². The largest absolute Gasteiger partial charge is 0.476 e. The van der Waals surface area contributed by atoms with Gasteiger partial charge in [-0.3, -0.25) is 0 Å². The molecule has 0 saturated carbocycles. The molecule has 0 unspecified atom stereocenters. The van der Waals surface area contributed by atoms with E-state index in [0.29, 0.717) is 6.61 Å². The fourth-order valence-corrected chi connectivity index (χ4v) is 2.24. The molecule has 22 heavy (non-hydrogen) atoms. The highest BCUT2D eigenvalue weighted by molar-refractivity contribution is 5.88. The maximum atomic E-state index is 5.27. The van der Waals surface area contributed by atoms with Crippen LogP contribution in [0.4, 0.5) is 0 Å². The van der Waals surface area contributed by atoms with E-state index >= 15 is 0 Å². The van der Waals surface area contributed by atoms with Crippen molar-refractivity contribution in [1.29, 1.82) is 0 Å². The Kier molecular flexibility index (Phi) is 12.1. The molecule has 2 nitrogen and oxygen atoms in total. The second-order valence-electron chi connectivity index (χ2n) is 5.54. The molecule has 0 spiro atoms. The number of nitrogens with zero attached hydrogens (tertiary/aromatic N) is 1. The molecule has 0 radical (unpaired) electrons. The molecule has 0 aliphatic carbocycles. The quantitative estimate of drug-likeness (QED) is 0.331. The summed E-state index contributed by atoms with van der Waals surface area (Å²) in [5.74, 6) is 0.739. The Bertz CT molecular complexity index is 402. The Balaban J connectivity index is 1.93. The highest BCUT2D eigenvalue weighted by Gasteiger charge is 2.00. The topological polar surface area (TPSA) is 21.6 Å². The van der Waals surface area contributed by atoms with Gasteiger partial charge in [-0.25, -0.2) is 4.99 Å². The van der Waals surface area contributed by atoms with Crippen LogP contribution in [0.25, 0.3) is 0 Å². The van der Waals surface area contributed by atoms with Crippen molar-refractivity contribution in [3.63, 3.8) is 0 Å². The molecule has 0 atom stereocenters. The summed E-state index contributed by atoms with van der Waals surface area (Å²) in [6, 6.07) is 0. The highest BCUT2D eigenvalue weighted by Crippen LogP contribution is 2.08. The van der Waals surface area contributed by atoms with Crippen molar-refractivity contribution < 1.29 is 4.74 Å². The second-order valence-corrected chi connectivity index (χ2v) is 5.54. The Labute approximate surface area is 136 Å². The predicted octanol–water partition coefficient (Wildman–Crippen LogP) is 5.78. The maximum Gasteiger partial charge on any atom is 0.208 e. The van der Waals surface area contributed by atoms with Crippen LogP contribution in [0.15, 0.2) is 53.6 Å². The summed E-state index contributed by atoms with van der Waals surface area (Å²) in [4.78, 5) is 4.18. The van der Waals surface area contributed by atoms with E-state index in [0.717, 1.165) is 12.4 Å². The summed E-state index contributed by atoms with van der Waals surface area (Å²) >= 11 is 0. The van der Waals surface area contributed by atoms with Gasteiger partial charge in [0.25, 0.3) is 0 Å². The molecule has 0 aromatic carbocycles. The minimum absolute atomic E-state index is 0.715. The Morgan fingerprint density at radius 1 is 0.864 bits per heavy atom. The molecule has 1 aliphatic rings. The van der Waals surface area contributed by atoms with E-state index in [-0.39, 0.29) is 0 Å². The Morgan fingerprint density at radius 3 is 2.27 bits per heavy atom. The second kappa shape index (κ2) is 14.4. The third-order valence-electron chi connectivity index (χ3n) is 3.51. The van der Waals surface area contributed by atoms with Crippen LogP contribution in [0.2, 0.25) is 0 Å². The molecule has 0 bridgehead atoms. The van der Waals surface area contributed by atoms with Crippen molar-refractivity contribution in [2.45, 2.75) is 58.3 Å². The number of hydrogen-bond acceptors (Lipinski definition) is 2. The van der Waals surface area contributed by atoms with Gasteiger partial charge >= 0.3 is 0 Å². The van der Waals surface area contributed by atoms with Crippen LogP contribution < -0.4 is 0 Å². The monoisotopic (exact) mass is 301 g/mol. The average molecular weight is 301 g/mol. The SMILES string of the molecule is CCCCCCCCCC=CC=CC=CC=CC1=NCCO1. The standard InChI is InChI=1S/C20H31NO/c1-2-3-4-5-6-7-8-9-10-11-12-13-14-15-16-17-20-21-18-19-22-20/h10-17H,2-9,18-19H2,1H3. The normalized spacial score (nSPS) is 15.6. The first-order chi connectivity index (χ1) is 10.9. The summed E-state index contributed by atoms with van der Waals surface area (Å²) in [6.45, 7) is 3.77. The predicted molar refractivity (Wildman–Crippen MR) is 97.4 cm³/mol. The lowest BCUT2D eigenvalue weighted by Gasteiger charge is -1.98. The minimum Gasteiger partial charge on any atom is -0.476 e. The zero-order valence-corrected chi connectivity index (χ0v) is 14.0. The van der Waals surface area contributed by atoms with E-state index in [1.807, 2.05) is 30.4 Å². The summed E-state index contributed by atoms with van der Waals surface area (Å²) < 4.78 is 5.27. The molecule has 0 N–H and O–H groups in total. The van der Waals surface area contributed by atoms with Crippen molar-refractivity contribution >= 4 is 5.90 Å². The minimum atomic E-state index is 0.715. The van der Waals surface area contributed by atoms with Gasteiger partial charge in [-0.2, -0.15) is 0 Å². The Morgan fingerprint density at radius 2 is 1.55 bits per heavy atom. The third kappa shape index (κ3) is 11.1. The maximum absolute atomic E-state index is 5.27. The number of unbranched alkanes of at least 4 members (excludes halogenated alkanes) is 7. The molecule has 0 aromatic rings. The number of hydrogen-bond donors (Lipinski definition) is 0. The van der Waals surface area contributed by atoms with Crippen molar-refractivity contribution in [2.75, 3.05) is 13.2 Å². The molecule has 0 saturated heterocycles. The molecule has 1 rings (SSSR count).